The smallest absolute Gasteiger partial charge is 0.416 e. The second kappa shape index (κ2) is 8.75. The molecule has 0 bridgehead atoms. The molecule has 1 aromatic heterocycles. The summed E-state index contributed by atoms with van der Waals surface area (Å²) >= 11 is 0. The van der Waals surface area contributed by atoms with E-state index in [1.54, 1.807) is 0 Å². The molecule has 2 aromatic rings. The lowest BCUT2D eigenvalue weighted by Crippen LogP contribution is -2.30. The standard InChI is InChI=1S/C16H17F3N2O7S2/c1-21(2)30(25,26)15-7-6-12(28-15)10-27-14(22)9-20-29(23,24)13-5-3-4-11(8-13)16(17,18)19/h3-8,20H,9-10H2,1-2H3. The normalized spacial score (nSPS) is 12.9. The Bertz CT molecular complexity index is 1120. The third-order valence-corrected chi connectivity index (χ3v) is 6.71. The highest BCUT2D eigenvalue weighted by Crippen LogP contribution is 2.30. The van der Waals surface area contributed by atoms with Crippen LogP contribution in [0.5, 0.6) is 0 Å². The van der Waals surface area contributed by atoms with Gasteiger partial charge in [-0.1, -0.05) is 6.07 Å². The number of furan rings is 1. The van der Waals surface area contributed by atoms with E-state index in [0.717, 1.165) is 22.5 Å². The van der Waals surface area contributed by atoms with Crippen LogP contribution in [0.15, 0.2) is 50.8 Å². The van der Waals surface area contributed by atoms with Crippen LogP contribution in [0.2, 0.25) is 0 Å². The minimum absolute atomic E-state index is 0.00971. The van der Waals surface area contributed by atoms with Crippen molar-refractivity contribution >= 4 is 26.0 Å². The van der Waals surface area contributed by atoms with E-state index < -0.39 is 55.8 Å². The molecular weight excluding hydrogens is 453 g/mol. The molecule has 0 unspecified atom stereocenters. The van der Waals surface area contributed by atoms with Crippen molar-refractivity contribution < 1.29 is 44.0 Å². The fourth-order valence-electron chi connectivity index (χ4n) is 2.03. The van der Waals surface area contributed by atoms with Crippen molar-refractivity contribution in [1.82, 2.24) is 9.03 Å². The summed E-state index contributed by atoms with van der Waals surface area (Å²) in [5, 5.41) is -0.371. The Kier molecular flexibility index (Phi) is 6.96. The summed E-state index contributed by atoms with van der Waals surface area (Å²) in [7, 11) is -5.62. The second-order valence-corrected chi connectivity index (χ2v) is 9.87. The Morgan fingerprint density at radius 3 is 2.40 bits per heavy atom. The van der Waals surface area contributed by atoms with Gasteiger partial charge in [-0.2, -0.15) is 17.9 Å². The van der Waals surface area contributed by atoms with Crippen LogP contribution >= 0.6 is 0 Å². The SMILES string of the molecule is CN(C)S(=O)(=O)c1ccc(COC(=O)CNS(=O)(=O)c2cccc(C(F)(F)F)c2)o1. The molecule has 0 amide bonds. The van der Waals surface area contributed by atoms with Crippen LogP contribution in [0.4, 0.5) is 13.2 Å². The van der Waals surface area contributed by atoms with Gasteiger partial charge in [-0.3, -0.25) is 4.79 Å². The summed E-state index contributed by atoms with van der Waals surface area (Å²) in [4.78, 5) is 11.1. The zero-order valence-electron chi connectivity index (χ0n) is 15.6. The third-order valence-electron chi connectivity index (χ3n) is 3.63. The van der Waals surface area contributed by atoms with Crippen LogP contribution in [-0.2, 0) is 42.4 Å². The summed E-state index contributed by atoms with van der Waals surface area (Å²) in [6, 6.07) is 5.43. The molecule has 0 aliphatic heterocycles. The van der Waals surface area contributed by atoms with Gasteiger partial charge in [0.25, 0.3) is 10.0 Å². The number of halogens is 3. The monoisotopic (exact) mass is 470 g/mol. The van der Waals surface area contributed by atoms with Crippen molar-refractivity contribution in [2.45, 2.75) is 22.8 Å². The Balaban J connectivity index is 1.96. The number of carbonyl (C=O) groups excluding carboxylic acids is 1. The summed E-state index contributed by atoms with van der Waals surface area (Å²) in [6.07, 6.45) is -4.73. The molecule has 9 nitrogen and oxygen atoms in total. The number of rotatable bonds is 8. The van der Waals surface area contributed by atoms with E-state index in [0.29, 0.717) is 12.1 Å². The van der Waals surface area contributed by atoms with E-state index in [9.17, 15) is 34.8 Å². The van der Waals surface area contributed by atoms with Gasteiger partial charge in [0.1, 0.15) is 18.9 Å². The highest BCUT2D eigenvalue weighted by atomic mass is 32.2. The van der Waals surface area contributed by atoms with Gasteiger partial charge in [-0.25, -0.2) is 21.1 Å². The molecule has 0 saturated carbocycles. The van der Waals surface area contributed by atoms with Crippen LogP contribution in [0, 0.1) is 0 Å². The van der Waals surface area contributed by atoms with Gasteiger partial charge >= 0.3 is 12.1 Å². The molecule has 0 saturated heterocycles. The summed E-state index contributed by atoms with van der Waals surface area (Å²) in [5.41, 5.74) is -1.16. The number of alkyl halides is 3. The van der Waals surface area contributed by atoms with Gasteiger partial charge in [0.2, 0.25) is 15.1 Å². The average molecular weight is 470 g/mol. The largest absolute Gasteiger partial charge is 0.457 e. The quantitative estimate of drug-likeness (QED) is 0.581. The molecule has 166 valence electrons. The highest BCUT2D eigenvalue weighted by Gasteiger charge is 2.31. The maximum atomic E-state index is 12.7. The molecule has 0 aliphatic carbocycles. The number of sulfonamides is 2. The molecule has 1 heterocycles. The van der Waals surface area contributed by atoms with Crippen LogP contribution in [-0.4, -0.2) is 47.8 Å². The molecule has 0 atom stereocenters. The Labute approximate surface area is 170 Å². The zero-order chi connectivity index (χ0) is 22.7. The van der Waals surface area contributed by atoms with Crippen molar-refractivity contribution in [3.05, 3.63) is 47.7 Å². The van der Waals surface area contributed by atoms with Crippen LogP contribution in [0.1, 0.15) is 11.3 Å². The van der Waals surface area contributed by atoms with Crippen LogP contribution in [0.3, 0.4) is 0 Å². The number of ether oxygens (including phenoxy) is 1. The predicted octanol–water partition coefficient (Wildman–Crippen LogP) is 1.57. The van der Waals surface area contributed by atoms with E-state index in [-0.39, 0.29) is 10.9 Å². The van der Waals surface area contributed by atoms with Crippen molar-refractivity contribution in [2.75, 3.05) is 20.6 Å². The molecule has 2 rings (SSSR count). The van der Waals surface area contributed by atoms with Gasteiger partial charge in [-0.15, -0.1) is 0 Å². The molecule has 14 heteroatoms. The van der Waals surface area contributed by atoms with Crippen LogP contribution < -0.4 is 4.72 Å². The number of hydrogen-bond donors (Lipinski definition) is 1. The van der Waals surface area contributed by atoms with E-state index in [2.05, 4.69) is 0 Å². The molecule has 0 radical (unpaired) electrons. The topological polar surface area (TPSA) is 123 Å². The number of carbonyl (C=O) groups is 1. The van der Waals surface area contributed by atoms with E-state index >= 15 is 0 Å². The van der Waals surface area contributed by atoms with E-state index in [1.807, 2.05) is 4.72 Å². The number of benzene rings is 1. The fraction of sp³-hybridized carbons (Fsp3) is 0.312. The number of hydrogen-bond acceptors (Lipinski definition) is 7. The maximum Gasteiger partial charge on any atom is 0.416 e. The lowest BCUT2D eigenvalue weighted by molar-refractivity contribution is -0.144. The minimum Gasteiger partial charge on any atom is -0.457 e. The van der Waals surface area contributed by atoms with Crippen molar-refractivity contribution in [1.29, 1.82) is 0 Å². The second-order valence-electron chi connectivity index (χ2n) is 6.02. The predicted molar refractivity (Wildman–Crippen MR) is 96.0 cm³/mol. The zero-order valence-corrected chi connectivity index (χ0v) is 17.3. The van der Waals surface area contributed by atoms with Gasteiger partial charge in [0, 0.05) is 14.1 Å². The average Bonchev–Trinajstić information content (AvgIpc) is 3.14. The molecule has 0 aliphatic rings. The molecule has 0 fully saturated rings. The van der Waals surface area contributed by atoms with Crippen molar-refractivity contribution in [2.24, 2.45) is 0 Å². The number of nitrogens with zero attached hydrogens (tertiary/aromatic N) is 1. The van der Waals surface area contributed by atoms with Gasteiger partial charge in [0.05, 0.1) is 10.5 Å². The molecular formula is C16H17F3N2O7S2. The Hall–Kier alpha value is -2.42. The van der Waals surface area contributed by atoms with Crippen LogP contribution in [0.25, 0.3) is 0 Å². The number of esters is 1. The summed E-state index contributed by atoms with van der Waals surface area (Å²) in [6.45, 7) is -1.34. The Morgan fingerprint density at radius 2 is 1.80 bits per heavy atom. The first-order valence-electron chi connectivity index (χ1n) is 8.07. The lowest BCUT2D eigenvalue weighted by Gasteiger charge is -2.10. The van der Waals surface area contributed by atoms with E-state index in [4.69, 9.17) is 9.15 Å². The maximum absolute atomic E-state index is 12.7. The first kappa shape index (κ1) is 23.9. The molecule has 0 spiro atoms. The number of nitrogens with one attached hydrogen (secondary N) is 1. The summed E-state index contributed by atoms with van der Waals surface area (Å²) in [5.74, 6) is -1.07. The minimum atomic E-state index is -4.73. The summed E-state index contributed by atoms with van der Waals surface area (Å²) < 4.78 is 98.7. The van der Waals surface area contributed by atoms with Gasteiger partial charge in [0.15, 0.2) is 0 Å². The first-order valence-corrected chi connectivity index (χ1v) is 11.0. The lowest BCUT2D eigenvalue weighted by atomic mass is 10.2. The molecule has 30 heavy (non-hydrogen) atoms. The van der Waals surface area contributed by atoms with Crippen molar-refractivity contribution in [3.63, 3.8) is 0 Å². The van der Waals surface area contributed by atoms with Gasteiger partial charge in [-0.05, 0) is 30.3 Å². The van der Waals surface area contributed by atoms with Gasteiger partial charge < -0.3 is 9.15 Å². The molecule has 1 aromatic carbocycles. The third kappa shape index (κ3) is 5.81. The molecule has 1 N–H and O–H groups in total. The van der Waals surface area contributed by atoms with Crippen molar-refractivity contribution in [3.8, 4) is 0 Å². The Morgan fingerprint density at radius 1 is 1.13 bits per heavy atom. The highest BCUT2D eigenvalue weighted by molar-refractivity contribution is 7.89. The van der Waals surface area contributed by atoms with E-state index in [1.165, 1.54) is 20.2 Å². The fourth-order valence-corrected chi connectivity index (χ4v) is 3.86. The first-order chi connectivity index (χ1) is 13.7.